The summed E-state index contributed by atoms with van der Waals surface area (Å²) in [6.07, 6.45) is 1.65. The van der Waals surface area contributed by atoms with Crippen LogP contribution in [-0.4, -0.2) is 17.1 Å². The van der Waals surface area contributed by atoms with Gasteiger partial charge in [0.15, 0.2) is 0 Å². The van der Waals surface area contributed by atoms with Gasteiger partial charge in [-0.3, -0.25) is 0 Å². The number of hydrogen-bond donors (Lipinski definition) is 2. The maximum atomic E-state index is 12.9. The molecule has 156 valence electrons. The Kier molecular flexibility index (Phi) is 6.61. The van der Waals surface area contributed by atoms with Crippen molar-refractivity contribution in [3.63, 3.8) is 0 Å². The lowest BCUT2D eigenvalue weighted by atomic mass is 10.1. The molecule has 1 aromatic heterocycles. The van der Waals surface area contributed by atoms with Gasteiger partial charge in [-0.15, -0.1) is 0 Å². The summed E-state index contributed by atoms with van der Waals surface area (Å²) in [5, 5.41) is 5.38. The molecule has 3 rings (SSSR count). The van der Waals surface area contributed by atoms with Crippen LogP contribution in [0.4, 0.5) is 18.0 Å². The Morgan fingerprint density at radius 1 is 1.24 bits per heavy atom. The molecule has 29 heavy (non-hydrogen) atoms. The van der Waals surface area contributed by atoms with Crippen LogP contribution in [0.1, 0.15) is 55.3 Å². The number of hydrogen-bond acceptors (Lipinski definition) is 3. The Morgan fingerprint density at radius 2 is 2.00 bits per heavy atom. The first-order valence-electron chi connectivity index (χ1n) is 9.65. The zero-order valence-corrected chi connectivity index (χ0v) is 16.1. The lowest BCUT2D eigenvalue weighted by molar-refractivity contribution is -0.137. The number of aromatic nitrogens is 1. The van der Waals surface area contributed by atoms with Crippen LogP contribution in [0.3, 0.4) is 0 Å². The first-order chi connectivity index (χ1) is 13.8. The normalized spacial score (nSPS) is 15.7. The van der Waals surface area contributed by atoms with Crippen molar-refractivity contribution < 1.29 is 22.7 Å². The van der Waals surface area contributed by atoms with Gasteiger partial charge in [0.25, 0.3) is 0 Å². The lowest BCUT2D eigenvalue weighted by Gasteiger charge is -2.18. The highest BCUT2D eigenvalue weighted by atomic mass is 19.4. The minimum absolute atomic E-state index is 0.151. The second kappa shape index (κ2) is 9.15. The number of nitrogens with zero attached hydrogens (tertiary/aromatic N) is 1. The molecule has 2 aromatic rings. The molecule has 2 N–H and O–H groups in total. The van der Waals surface area contributed by atoms with E-state index in [-0.39, 0.29) is 12.6 Å². The molecule has 1 fully saturated rings. The number of alkyl halides is 3. The van der Waals surface area contributed by atoms with Crippen LogP contribution in [-0.2, 0) is 12.7 Å². The number of carbonyl (C=O) groups excluding carboxylic acids is 1. The SMILES string of the molecule is CC(NC(=O)NCc1cccnc1OC1CCCC1)c1cccc(C(F)(F)F)c1. The van der Waals surface area contributed by atoms with E-state index in [4.69, 9.17) is 4.74 Å². The number of nitrogens with one attached hydrogen (secondary N) is 2. The van der Waals surface area contributed by atoms with Crippen molar-refractivity contribution in [1.82, 2.24) is 15.6 Å². The predicted molar refractivity (Wildman–Crippen MR) is 102 cm³/mol. The number of urea groups is 1. The van der Waals surface area contributed by atoms with Crippen LogP contribution < -0.4 is 15.4 Å². The molecule has 1 unspecified atom stereocenters. The molecule has 2 amide bonds. The second-order valence-electron chi connectivity index (χ2n) is 7.16. The van der Waals surface area contributed by atoms with E-state index in [0.29, 0.717) is 11.4 Å². The molecule has 5 nitrogen and oxygen atoms in total. The molecule has 1 aromatic carbocycles. The van der Waals surface area contributed by atoms with Gasteiger partial charge in [-0.2, -0.15) is 13.2 Å². The Bertz CT molecular complexity index is 836. The largest absolute Gasteiger partial charge is 0.474 e. The Labute approximate surface area is 167 Å². The number of rotatable bonds is 6. The first kappa shape index (κ1) is 21.0. The summed E-state index contributed by atoms with van der Waals surface area (Å²) < 4.78 is 44.5. The van der Waals surface area contributed by atoms with E-state index in [1.165, 1.54) is 6.07 Å². The highest BCUT2D eigenvalue weighted by molar-refractivity contribution is 5.74. The molecular weight excluding hydrogens is 383 g/mol. The van der Waals surface area contributed by atoms with Crippen molar-refractivity contribution in [2.45, 2.75) is 57.5 Å². The molecule has 1 heterocycles. The van der Waals surface area contributed by atoms with Gasteiger partial charge in [0.05, 0.1) is 11.6 Å². The van der Waals surface area contributed by atoms with Gasteiger partial charge in [0, 0.05) is 18.3 Å². The third-order valence-electron chi connectivity index (χ3n) is 4.93. The van der Waals surface area contributed by atoms with Crippen molar-refractivity contribution >= 4 is 6.03 Å². The second-order valence-corrected chi connectivity index (χ2v) is 7.16. The monoisotopic (exact) mass is 407 g/mol. The number of amides is 2. The Balaban J connectivity index is 1.56. The Hall–Kier alpha value is -2.77. The standard InChI is InChI=1S/C21H24F3N3O2/c1-14(15-6-4-8-17(12-15)21(22,23)24)27-20(28)26-13-16-7-5-11-25-19(16)29-18-9-2-3-10-18/h4-8,11-12,14,18H,2-3,9-10,13H2,1H3,(H2,26,27,28). The van der Waals surface area contributed by atoms with E-state index in [0.717, 1.165) is 43.4 Å². The summed E-state index contributed by atoms with van der Waals surface area (Å²) in [4.78, 5) is 16.5. The molecule has 1 aliphatic rings. The van der Waals surface area contributed by atoms with Crippen LogP contribution in [0.15, 0.2) is 42.6 Å². The van der Waals surface area contributed by atoms with E-state index >= 15 is 0 Å². The fraction of sp³-hybridized carbons (Fsp3) is 0.429. The van der Waals surface area contributed by atoms with Gasteiger partial charge in [-0.05, 0) is 56.4 Å². The zero-order valence-electron chi connectivity index (χ0n) is 16.1. The summed E-state index contributed by atoms with van der Waals surface area (Å²) in [6.45, 7) is 1.84. The molecule has 0 radical (unpaired) electrons. The van der Waals surface area contributed by atoms with E-state index in [9.17, 15) is 18.0 Å². The van der Waals surface area contributed by atoms with Gasteiger partial charge < -0.3 is 15.4 Å². The zero-order chi connectivity index (χ0) is 20.9. The van der Waals surface area contributed by atoms with Crippen LogP contribution in [0.25, 0.3) is 0 Å². The van der Waals surface area contributed by atoms with Gasteiger partial charge in [0.1, 0.15) is 6.10 Å². The minimum Gasteiger partial charge on any atom is -0.474 e. The van der Waals surface area contributed by atoms with Crippen LogP contribution >= 0.6 is 0 Å². The van der Waals surface area contributed by atoms with Crippen LogP contribution in [0, 0.1) is 0 Å². The van der Waals surface area contributed by atoms with E-state index in [2.05, 4.69) is 15.6 Å². The van der Waals surface area contributed by atoms with Gasteiger partial charge >= 0.3 is 12.2 Å². The quantitative estimate of drug-likeness (QED) is 0.710. The molecule has 0 spiro atoms. The molecule has 1 saturated carbocycles. The van der Waals surface area contributed by atoms with Crippen molar-refractivity contribution in [2.24, 2.45) is 0 Å². The summed E-state index contributed by atoms with van der Waals surface area (Å²) >= 11 is 0. The van der Waals surface area contributed by atoms with Crippen molar-refractivity contribution in [2.75, 3.05) is 0 Å². The smallest absolute Gasteiger partial charge is 0.416 e. The molecule has 1 aliphatic carbocycles. The molecule has 8 heteroatoms. The van der Waals surface area contributed by atoms with Crippen LogP contribution in [0.2, 0.25) is 0 Å². The summed E-state index contributed by atoms with van der Waals surface area (Å²) in [5.41, 5.74) is 0.385. The van der Waals surface area contributed by atoms with Crippen molar-refractivity contribution in [3.05, 3.63) is 59.3 Å². The first-order valence-corrected chi connectivity index (χ1v) is 9.65. The molecule has 1 atom stereocenters. The fourth-order valence-corrected chi connectivity index (χ4v) is 3.32. The van der Waals surface area contributed by atoms with E-state index in [1.807, 2.05) is 6.07 Å². The minimum atomic E-state index is -4.42. The maximum Gasteiger partial charge on any atom is 0.416 e. The predicted octanol–water partition coefficient (Wildman–Crippen LogP) is 4.98. The highest BCUT2D eigenvalue weighted by Crippen LogP contribution is 2.30. The van der Waals surface area contributed by atoms with Crippen LogP contribution in [0.5, 0.6) is 5.88 Å². The molecule has 0 bridgehead atoms. The summed E-state index contributed by atoms with van der Waals surface area (Å²) in [7, 11) is 0. The third-order valence-corrected chi connectivity index (χ3v) is 4.93. The van der Waals surface area contributed by atoms with E-state index in [1.54, 1.807) is 25.3 Å². The molecular formula is C21H24F3N3O2. The third kappa shape index (κ3) is 5.85. The maximum absolute atomic E-state index is 12.9. The highest BCUT2D eigenvalue weighted by Gasteiger charge is 2.30. The summed E-state index contributed by atoms with van der Waals surface area (Å²) in [6, 6.07) is 7.45. The van der Waals surface area contributed by atoms with Crippen molar-refractivity contribution in [3.8, 4) is 5.88 Å². The van der Waals surface area contributed by atoms with Crippen molar-refractivity contribution in [1.29, 1.82) is 0 Å². The van der Waals surface area contributed by atoms with E-state index < -0.39 is 23.8 Å². The number of pyridine rings is 1. The average Bonchev–Trinajstić information content (AvgIpc) is 3.20. The molecule has 0 saturated heterocycles. The lowest BCUT2D eigenvalue weighted by Crippen LogP contribution is -2.36. The van der Waals surface area contributed by atoms with Gasteiger partial charge in [0.2, 0.25) is 5.88 Å². The van der Waals surface area contributed by atoms with Gasteiger partial charge in [-0.25, -0.2) is 9.78 Å². The average molecular weight is 407 g/mol. The number of ether oxygens (including phenoxy) is 1. The fourth-order valence-electron chi connectivity index (χ4n) is 3.32. The summed E-state index contributed by atoms with van der Waals surface area (Å²) in [5.74, 6) is 0.505. The molecule has 0 aliphatic heterocycles. The topological polar surface area (TPSA) is 63.2 Å². The number of halogens is 3. The number of benzene rings is 1. The number of carbonyl (C=O) groups is 1. The Morgan fingerprint density at radius 3 is 2.72 bits per heavy atom. The van der Waals surface area contributed by atoms with Gasteiger partial charge in [-0.1, -0.05) is 18.2 Å².